The van der Waals surface area contributed by atoms with Gasteiger partial charge in [-0.05, 0) is 31.6 Å². The fourth-order valence-corrected chi connectivity index (χ4v) is 3.70. The van der Waals surface area contributed by atoms with E-state index in [1.165, 1.54) is 9.80 Å². The Balaban J connectivity index is 1.95. The molecule has 4 unspecified atom stereocenters. The van der Waals surface area contributed by atoms with Gasteiger partial charge in [0.2, 0.25) is 17.7 Å². The van der Waals surface area contributed by atoms with Gasteiger partial charge in [-0.3, -0.25) is 14.4 Å². The number of carbonyl (C=O) groups is 4. The summed E-state index contributed by atoms with van der Waals surface area (Å²) >= 11 is 0. The number of rotatable bonds is 7. The maximum Gasteiger partial charge on any atom is 0.326 e. The fraction of sp³-hybridized carbons (Fsp3) is 0.778. The Morgan fingerprint density at radius 3 is 2.30 bits per heavy atom. The molecular formula is C18H30N4O5. The van der Waals surface area contributed by atoms with Crippen molar-refractivity contribution in [2.75, 3.05) is 19.6 Å². The number of nitrogens with two attached hydrogens (primary N) is 1. The fourth-order valence-electron chi connectivity index (χ4n) is 3.70. The highest BCUT2D eigenvalue weighted by molar-refractivity contribution is 5.93. The minimum atomic E-state index is -1.01. The first-order valence-corrected chi connectivity index (χ1v) is 9.64. The Hall–Kier alpha value is -2.16. The second-order valence-electron chi connectivity index (χ2n) is 7.40. The van der Waals surface area contributed by atoms with Crippen molar-refractivity contribution >= 4 is 23.7 Å². The molecule has 27 heavy (non-hydrogen) atoms. The van der Waals surface area contributed by atoms with E-state index in [9.17, 15) is 24.3 Å². The van der Waals surface area contributed by atoms with E-state index in [2.05, 4.69) is 5.32 Å². The van der Waals surface area contributed by atoms with Crippen molar-refractivity contribution in [2.45, 2.75) is 64.1 Å². The Bertz CT molecular complexity index is 596. The Morgan fingerprint density at radius 2 is 1.70 bits per heavy atom. The van der Waals surface area contributed by atoms with Crippen molar-refractivity contribution in [1.82, 2.24) is 15.1 Å². The van der Waals surface area contributed by atoms with Crippen LogP contribution in [-0.2, 0) is 19.2 Å². The minimum absolute atomic E-state index is 0.00401. The molecule has 2 aliphatic rings. The van der Waals surface area contributed by atoms with Crippen molar-refractivity contribution in [3.8, 4) is 0 Å². The largest absolute Gasteiger partial charge is 0.480 e. The lowest BCUT2D eigenvalue weighted by Gasteiger charge is -2.30. The second kappa shape index (κ2) is 9.16. The van der Waals surface area contributed by atoms with Crippen LogP contribution in [-0.4, -0.2) is 76.4 Å². The van der Waals surface area contributed by atoms with Crippen LogP contribution in [0.15, 0.2) is 0 Å². The van der Waals surface area contributed by atoms with Gasteiger partial charge < -0.3 is 26.0 Å². The molecule has 2 heterocycles. The maximum atomic E-state index is 12.8. The summed E-state index contributed by atoms with van der Waals surface area (Å²) in [5.41, 5.74) is 5.86. The number of likely N-dealkylation sites (tertiary alicyclic amines) is 2. The van der Waals surface area contributed by atoms with E-state index in [-0.39, 0.29) is 30.2 Å². The highest BCUT2D eigenvalue weighted by Crippen LogP contribution is 2.25. The zero-order valence-electron chi connectivity index (χ0n) is 16.0. The summed E-state index contributed by atoms with van der Waals surface area (Å²) in [6.45, 7) is 4.42. The molecule has 0 bridgehead atoms. The van der Waals surface area contributed by atoms with Crippen LogP contribution < -0.4 is 11.1 Å². The first-order valence-electron chi connectivity index (χ1n) is 9.64. The van der Waals surface area contributed by atoms with Crippen molar-refractivity contribution in [2.24, 2.45) is 11.7 Å². The van der Waals surface area contributed by atoms with Crippen LogP contribution in [0.1, 0.15) is 46.0 Å². The van der Waals surface area contributed by atoms with Crippen molar-refractivity contribution in [3.63, 3.8) is 0 Å². The van der Waals surface area contributed by atoms with Crippen LogP contribution in [0.25, 0.3) is 0 Å². The normalized spacial score (nSPS) is 24.6. The van der Waals surface area contributed by atoms with Gasteiger partial charge >= 0.3 is 5.97 Å². The first-order chi connectivity index (χ1) is 12.8. The molecule has 0 spiro atoms. The molecule has 2 aliphatic heterocycles. The van der Waals surface area contributed by atoms with Gasteiger partial charge in [-0.2, -0.15) is 0 Å². The monoisotopic (exact) mass is 382 g/mol. The maximum absolute atomic E-state index is 12.8. The van der Waals surface area contributed by atoms with Crippen molar-refractivity contribution < 1.29 is 24.3 Å². The quantitative estimate of drug-likeness (QED) is 0.546. The third-order valence-corrected chi connectivity index (χ3v) is 5.65. The average Bonchev–Trinajstić information content (AvgIpc) is 3.33. The van der Waals surface area contributed by atoms with Crippen LogP contribution >= 0.6 is 0 Å². The van der Waals surface area contributed by atoms with E-state index >= 15 is 0 Å². The van der Waals surface area contributed by atoms with E-state index in [4.69, 9.17) is 5.73 Å². The number of carboxylic acids is 1. The highest BCUT2D eigenvalue weighted by Gasteiger charge is 2.42. The zero-order chi connectivity index (χ0) is 20.1. The molecule has 4 N–H and O–H groups in total. The van der Waals surface area contributed by atoms with Crippen LogP contribution in [0.4, 0.5) is 0 Å². The lowest BCUT2D eigenvalue weighted by molar-refractivity contribution is -0.151. The standard InChI is InChI=1S/C18H30N4O5/c1-3-11(2)15(19)16(24)20-10-14(23)21-8-4-6-12(21)17(25)22-9-5-7-13(22)18(26)27/h11-13,15H,3-10,19H2,1-2H3,(H,20,24)(H,26,27). The molecule has 0 aliphatic carbocycles. The van der Waals surface area contributed by atoms with E-state index in [1.807, 2.05) is 13.8 Å². The molecule has 0 aromatic rings. The van der Waals surface area contributed by atoms with Gasteiger partial charge in [-0.1, -0.05) is 20.3 Å². The molecule has 0 aromatic heterocycles. The smallest absolute Gasteiger partial charge is 0.326 e. The summed E-state index contributed by atoms with van der Waals surface area (Å²) in [6, 6.07) is -2.15. The van der Waals surface area contributed by atoms with Crippen molar-refractivity contribution in [1.29, 1.82) is 0 Å². The zero-order valence-corrected chi connectivity index (χ0v) is 16.0. The second-order valence-corrected chi connectivity index (χ2v) is 7.40. The molecule has 2 rings (SSSR count). The van der Waals surface area contributed by atoms with Gasteiger partial charge in [-0.15, -0.1) is 0 Å². The number of hydrogen-bond donors (Lipinski definition) is 3. The number of nitrogens with zero attached hydrogens (tertiary/aromatic N) is 2. The number of nitrogens with one attached hydrogen (secondary N) is 1. The summed E-state index contributed by atoms with van der Waals surface area (Å²) in [7, 11) is 0. The molecule has 2 fully saturated rings. The van der Waals surface area contributed by atoms with E-state index in [1.54, 1.807) is 0 Å². The summed E-state index contributed by atoms with van der Waals surface area (Å²) in [6.07, 6.45) is 3.02. The van der Waals surface area contributed by atoms with E-state index in [0.717, 1.165) is 6.42 Å². The molecule has 2 saturated heterocycles. The number of carbonyl (C=O) groups excluding carboxylic acids is 3. The van der Waals surface area contributed by atoms with Crippen LogP contribution in [0.3, 0.4) is 0 Å². The van der Waals surface area contributed by atoms with Gasteiger partial charge in [0.1, 0.15) is 12.1 Å². The molecular weight excluding hydrogens is 352 g/mol. The first kappa shape index (κ1) is 21.1. The van der Waals surface area contributed by atoms with Gasteiger partial charge in [-0.25, -0.2) is 4.79 Å². The number of amides is 3. The summed E-state index contributed by atoms with van der Waals surface area (Å²) in [4.78, 5) is 51.6. The lowest BCUT2D eigenvalue weighted by atomic mass is 9.99. The van der Waals surface area contributed by atoms with Crippen LogP contribution in [0, 0.1) is 5.92 Å². The van der Waals surface area contributed by atoms with Gasteiger partial charge in [0.15, 0.2) is 0 Å². The molecule has 3 amide bonds. The topological polar surface area (TPSA) is 133 Å². The Morgan fingerprint density at radius 1 is 1.11 bits per heavy atom. The average molecular weight is 382 g/mol. The van der Waals surface area contributed by atoms with Gasteiger partial charge in [0, 0.05) is 13.1 Å². The molecule has 9 heteroatoms. The Labute approximate surface area is 159 Å². The SMILES string of the molecule is CCC(C)C(N)C(=O)NCC(=O)N1CCCC1C(=O)N1CCCC1C(=O)O. The third-order valence-electron chi connectivity index (χ3n) is 5.65. The third kappa shape index (κ3) is 4.77. The van der Waals surface area contributed by atoms with E-state index < -0.39 is 24.1 Å². The summed E-state index contributed by atoms with van der Waals surface area (Å²) < 4.78 is 0. The van der Waals surface area contributed by atoms with Gasteiger partial charge in [0.25, 0.3) is 0 Å². The molecule has 4 atom stereocenters. The number of aliphatic carboxylic acids is 1. The van der Waals surface area contributed by atoms with E-state index in [0.29, 0.717) is 38.8 Å². The molecule has 0 saturated carbocycles. The minimum Gasteiger partial charge on any atom is -0.480 e. The number of carboxylic acid groups (broad SMARTS) is 1. The van der Waals surface area contributed by atoms with Crippen molar-refractivity contribution in [3.05, 3.63) is 0 Å². The molecule has 0 radical (unpaired) electrons. The molecule has 9 nitrogen and oxygen atoms in total. The number of hydrogen-bond acceptors (Lipinski definition) is 5. The van der Waals surface area contributed by atoms with Crippen LogP contribution in [0.2, 0.25) is 0 Å². The predicted octanol–water partition coefficient (Wildman–Crippen LogP) is -0.457. The Kier molecular flexibility index (Phi) is 7.18. The predicted molar refractivity (Wildman–Crippen MR) is 97.5 cm³/mol. The highest BCUT2D eigenvalue weighted by atomic mass is 16.4. The van der Waals surface area contributed by atoms with Gasteiger partial charge in [0.05, 0.1) is 12.6 Å². The lowest BCUT2D eigenvalue weighted by Crippen LogP contribution is -2.53. The summed E-state index contributed by atoms with van der Waals surface area (Å²) in [5, 5.41) is 11.8. The molecule has 0 aromatic carbocycles. The summed E-state index contributed by atoms with van der Waals surface area (Å²) in [5.74, 6) is -2.05. The van der Waals surface area contributed by atoms with Crippen LogP contribution in [0.5, 0.6) is 0 Å². The molecule has 152 valence electrons.